The molecule has 0 aromatic heterocycles. The highest BCUT2D eigenvalue weighted by Crippen LogP contribution is 2.29. The molecule has 0 unspecified atom stereocenters. The summed E-state index contributed by atoms with van der Waals surface area (Å²) >= 11 is 0. The number of para-hydroxylation sites is 1. The van der Waals surface area contributed by atoms with Gasteiger partial charge in [-0.3, -0.25) is 4.79 Å². The van der Waals surface area contributed by atoms with Gasteiger partial charge in [-0.1, -0.05) is 12.1 Å². The number of aryl methyl sites for hydroxylation is 1. The summed E-state index contributed by atoms with van der Waals surface area (Å²) in [6.07, 6.45) is 0.528. The quantitative estimate of drug-likeness (QED) is 0.541. The van der Waals surface area contributed by atoms with E-state index in [9.17, 15) is 15.0 Å². The number of benzene rings is 1. The van der Waals surface area contributed by atoms with E-state index in [0.29, 0.717) is 12.0 Å². The predicted octanol–water partition coefficient (Wildman–Crippen LogP) is 0.442. The van der Waals surface area contributed by atoms with Gasteiger partial charge in [0.15, 0.2) is 11.5 Å². The standard InChI is InChI=1S/C10H13NO4/c11-7(10(14)15)5-4-6-2-1-3-8(12)9(6)13/h1-3,7,12-13H,4-5,11H2,(H,14,15)/t7-/m0/s1. The Bertz CT molecular complexity index is 364. The van der Waals surface area contributed by atoms with Gasteiger partial charge in [-0.2, -0.15) is 0 Å². The number of carboxylic acid groups (broad SMARTS) is 1. The van der Waals surface area contributed by atoms with Crippen molar-refractivity contribution in [3.8, 4) is 11.5 Å². The van der Waals surface area contributed by atoms with Crippen LogP contribution in [0.25, 0.3) is 0 Å². The van der Waals surface area contributed by atoms with Crippen LogP contribution in [0.3, 0.4) is 0 Å². The molecule has 0 amide bonds. The molecular formula is C10H13NO4. The smallest absolute Gasteiger partial charge is 0.320 e. The number of carbonyl (C=O) groups is 1. The molecule has 5 nitrogen and oxygen atoms in total. The number of carboxylic acids is 1. The Balaban J connectivity index is 2.66. The van der Waals surface area contributed by atoms with Crippen LogP contribution in [0.2, 0.25) is 0 Å². The summed E-state index contributed by atoms with van der Waals surface area (Å²) in [4.78, 5) is 10.4. The highest BCUT2D eigenvalue weighted by molar-refractivity contribution is 5.73. The molecule has 0 aliphatic carbocycles. The van der Waals surface area contributed by atoms with Crippen LogP contribution in [0.5, 0.6) is 11.5 Å². The molecule has 0 aliphatic heterocycles. The Labute approximate surface area is 86.8 Å². The first kappa shape index (κ1) is 11.3. The Morgan fingerprint density at radius 3 is 2.67 bits per heavy atom. The van der Waals surface area contributed by atoms with Crippen LogP contribution >= 0.6 is 0 Å². The Kier molecular flexibility index (Phi) is 3.51. The first-order chi connectivity index (χ1) is 7.02. The second-order valence-corrected chi connectivity index (χ2v) is 3.27. The van der Waals surface area contributed by atoms with Gasteiger partial charge in [0, 0.05) is 0 Å². The summed E-state index contributed by atoms with van der Waals surface area (Å²) in [6, 6.07) is 3.60. The topological polar surface area (TPSA) is 104 Å². The van der Waals surface area contributed by atoms with Crippen molar-refractivity contribution >= 4 is 5.97 Å². The lowest BCUT2D eigenvalue weighted by Gasteiger charge is -2.08. The zero-order chi connectivity index (χ0) is 11.4. The van der Waals surface area contributed by atoms with E-state index in [1.165, 1.54) is 6.07 Å². The van der Waals surface area contributed by atoms with E-state index in [-0.39, 0.29) is 17.9 Å². The molecule has 0 radical (unpaired) electrons. The SMILES string of the molecule is N[C@@H](CCc1cccc(O)c1O)C(=O)O. The molecular weight excluding hydrogens is 198 g/mol. The minimum Gasteiger partial charge on any atom is -0.504 e. The van der Waals surface area contributed by atoms with Crippen molar-refractivity contribution in [2.24, 2.45) is 5.73 Å². The maximum absolute atomic E-state index is 10.4. The van der Waals surface area contributed by atoms with Crippen LogP contribution in [0.15, 0.2) is 18.2 Å². The third kappa shape index (κ3) is 2.85. The largest absolute Gasteiger partial charge is 0.504 e. The molecule has 0 bridgehead atoms. The van der Waals surface area contributed by atoms with Gasteiger partial charge in [-0.25, -0.2) is 0 Å². The van der Waals surface area contributed by atoms with E-state index in [2.05, 4.69) is 0 Å². The average Bonchev–Trinajstić information content (AvgIpc) is 2.19. The Morgan fingerprint density at radius 1 is 1.40 bits per heavy atom. The zero-order valence-electron chi connectivity index (χ0n) is 8.05. The van der Waals surface area contributed by atoms with Gasteiger partial charge in [-0.05, 0) is 24.5 Å². The molecule has 0 aliphatic rings. The summed E-state index contributed by atoms with van der Waals surface area (Å²) in [5.41, 5.74) is 5.80. The van der Waals surface area contributed by atoms with Gasteiger partial charge < -0.3 is 21.1 Å². The molecule has 1 rings (SSSR count). The molecule has 1 aromatic rings. The van der Waals surface area contributed by atoms with Crippen LogP contribution in [0.4, 0.5) is 0 Å². The van der Waals surface area contributed by atoms with E-state index < -0.39 is 12.0 Å². The number of aliphatic carboxylic acids is 1. The third-order valence-electron chi connectivity index (χ3n) is 2.14. The van der Waals surface area contributed by atoms with Crippen molar-refractivity contribution in [3.05, 3.63) is 23.8 Å². The van der Waals surface area contributed by atoms with E-state index in [4.69, 9.17) is 10.8 Å². The van der Waals surface area contributed by atoms with E-state index in [1.807, 2.05) is 0 Å². The van der Waals surface area contributed by atoms with Crippen molar-refractivity contribution < 1.29 is 20.1 Å². The molecule has 1 atom stereocenters. The molecule has 0 spiro atoms. The summed E-state index contributed by atoms with van der Waals surface area (Å²) in [6.45, 7) is 0. The fourth-order valence-corrected chi connectivity index (χ4v) is 1.21. The lowest BCUT2D eigenvalue weighted by molar-refractivity contribution is -0.138. The minimum atomic E-state index is -1.07. The molecule has 1 aromatic carbocycles. The van der Waals surface area contributed by atoms with E-state index >= 15 is 0 Å². The first-order valence-corrected chi connectivity index (χ1v) is 4.50. The number of phenolic OH excluding ortho intramolecular Hbond substituents is 2. The number of aromatic hydroxyl groups is 2. The van der Waals surface area contributed by atoms with E-state index in [1.54, 1.807) is 12.1 Å². The lowest BCUT2D eigenvalue weighted by Crippen LogP contribution is -2.30. The second-order valence-electron chi connectivity index (χ2n) is 3.27. The number of phenols is 2. The van der Waals surface area contributed by atoms with Gasteiger partial charge >= 0.3 is 5.97 Å². The van der Waals surface area contributed by atoms with Crippen molar-refractivity contribution in [3.63, 3.8) is 0 Å². The van der Waals surface area contributed by atoms with Crippen molar-refractivity contribution in [1.82, 2.24) is 0 Å². The summed E-state index contributed by atoms with van der Waals surface area (Å²) in [5, 5.41) is 27.1. The highest BCUT2D eigenvalue weighted by atomic mass is 16.4. The predicted molar refractivity (Wildman–Crippen MR) is 53.7 cm³/mol. The van der Waals surface area contributed by atoms with Crippen molar-refractivity contribution in [2.75, 3.05) is 0 Å². The van der Waals surface area contributed by atoms with Crippen LogP contribution in [0.1, 0.15) is 12.0 Å². The van der Waals surface area contributed by atoms with Crippen molar-refractivity contribution in [2.45, 2.75) is 18.9 Å². The average molecular weight is 211 g/mol. The molecule has 5 N–H and O–H groups in total. The van der Waals surface area contributed by atoms with Gasteiger partial charge in [0.1, 0.15) is 6.04 Å². The monoisotopic (exact) mass is 211 g/mol. The van der Waals surface area contributed by atoms with Crippen molar-refractivity contribution in [1.29, 1.82) is 0 Å². The molecule has 0 heterocycles. The summed E-state index contributed by atoms with van der Waals surface area (Å²) < 4.78 is 0. The summed E-state index contributed by atoms with van der Waals surface area (Å²) in [7, 11) is 0. The normalized spacial score (nSPS) is 12.3. The fraction of sp³-hybridized carbons (Fsp3) is 0.300. The number of rotatable bonds is 4. The van der Waals surface area contributed by atoms with Crippen LogP contribution < -0.4 is 5.73 Å². The van der Waals surface area contributed by atoms with Crippen LogP contribution in [-0.2, 0) is 11.2 Å². The van der Waals surface area contributed by atoms with Crippen LogP contribution in [0, 0.1) is 0 Å². The Morgan fingerprint density at radius 2 is 2.07 bits per heavy atom. The molecule has 0 fully saturated rings. The van der Waals surface area contributed by atoms with Crippen LogP contribution in [-0.4, -0.2) is 27.3 Å². The maximum atomic E-state index is 10.4. The maximum Gasteiger partial charge on any atom is 0.320 e. The van der Waals surface area contributed by atoms with Gasteiger partial charge in [0.25, 0.3) is 0 Å². The minimum absolute atomic E-state index is 0.212. The van der Waals surface area contributed by atoms with E-state index in [0.717, 1.165) is 0 Å². The molecule has 5 heteroatoms. The molecule has 0 saturated carbocycles. The first-order valence-electron chi connectivity index (χ1n) is 4.50. The van der Waals surface area contributed by atoms with Gasteiger partial charge in [0.05, 0.1) is 0 Å². The molecule has 82 valence electrons. The Hall–Kier alpha value is -1.75. The van der Waals surface area contributed by atoms with Gasteiger partial charge in [0.2, 0.25) is 0 Å². The zero-order valence-corrected chi connectivity index (χ0v) is 8.05. The number of nitrogens with two attached hydrogens (primary N) is 1. The lowest BCUT2D eigenvalue weighted by atomic mass is 10.0. The molecule has 0 saturated heterocycles. The fourth-order valence-electron chi connectivity index (χ4n) is 1.21. The molecule has 15 heavy (non-hydrogen) atoms. The number of hydrogen-bond donors (Lipinski definition) is 4. The third-order valence-corrected chi connectivity index (χ3v) is 2.14. The number of hydrogen-bond acceptors (Lipinski definition) is 4. The highest BCUT2D eigenvalue weighted by Gasteiger charge is 2.13. The summed E-state index contributed by atoms with van der Waals surface area (Å²) in [5.74, 6) is -1.50. The van der Waals surface area contributed by atoms with Gasteiger partial charge in [-0.15, -0.1) is 0 Å². The second kappa shape index (κ2) is 4.65.